The van der Waals surface area contributed by atoms with Gasteiger partial charge >= 0.3 is 6.09 Å². The summed E-state index contributed by atoms with van der Waals surface area (Å²) in [5, 5.41) is 5.26. The molecule has 1 unspecified atom stereocenters. The highest BCUT2D eigenvalue weighted by Crippen LogP contribution is 2.28. The summed E-state index contributed by atoms with van der Waals surface area (Å²) in [6.45, 7) is 1.88. The van der Waals surface area contributed by atoms with Gasteiger partial charge in [0.1, 0.15) is 12.4 Å². The summed E-state index contributed by atoms with van der Waals surface area (Å²) >= 11 is 0. The molecular weight excluding hydrogens is 397 g/mol. The normalized spacial score (nSPS) is 15.2. The Balaban J connectivity index is 1.65. The van der Waals surface area contributed by atoms with E-state index in [1.807, 2.05) is 43.3 Å². The molecule has 3 aromatic rings. The van der Waals surface area contributed by atoms with Crippen LogP contribution in [0.1, 0.15) is 22.3 Å². The van der Waals surface area contributed by atoms with Crippen molar-refractivity contribution in [2.24, 2.45) is 4.99 Å². The molecule has 0 saturated heterocycles. The third kappa shape index (κ3) is 4.45. The Kier molecular flexibility index (Phi) is 5.75. The predicted octanol–water partition coefficient (Wildman–Crippen LogP) is 4.18. The molecule has 1 heterocycles. The molecule has 1 aliphatic heterocycles. The Morgan fingerprint density at radius 3 is 2.52 bits per heavy atom. The molecule has 0 spiro atoms. The summed E-state index contributed by atoms with van der Waals surface area (Å²) in [4.78, 5) is 29.6. The highest BCUT2D eigenvalue weighted by molar-refractivity contribution is 6.20. The van der Waals surface area contributed by atoms with Crippen LogP contribution >= 0.6 is 0 Å². The molecule has 0 fully saturated rings. The van der Waals surface area contributed by atoms with Gasteiger partial charge in [-0.15, -0.1) is 0 Å². The smallest absolute Gasteiger partial charge is 0.409 e. The van der Waals surface area contributed by atoms with Crippen molar-refractivity contribution in [1.29, 1.82) is 0 Å². The van der Waals surface area contributed by atoms with Crippen LogP contribution in [0.15, 0.2) is 77.8 Å². The topological polar surface area (TPSA) is 79.8 Å². The van der Waals surface area contributed by atoms with Gasteiger partial charge in [-0.05, 0) is 30.2 Å². The number of carbonyl (C=O) groups is 2. The van der Waals surface area contributed by atoms with Gasteiger partial charge in [0.2, 0.25) is 6.17 Å². The summed E-state index contributed by atoms with van der Waals surface area (Å²) in [6, 6.07) is 20.7. The second kappa shape index (κ2) is 8.79. The molecule has 0 saturated carbocycles. The van der Waals surface area contributed by atoms with Crippen LogP contribution in [0, 0.1) is 12.7 Å². The fraction of sp³-hybridized carbons (Fsp3) is 0.125. The second-order valence-electron chi connectivity index (χ2n) is 7.05. The van der Waals surface area contributed by atoms with E-state index in [-0.39, 0.29) is 17.9 Å². The number of fused-ring (bicyclic) bond motifs is 1. The van der Waals surface area contributed by atoms with E-state index in [1.165, 1.54) is 6.07 Å². The molecule has 31 heavy (non-hydrogen) atoms. The van der Waals surface area contributed by atoms with Gasteiger partial charge in [0, 0.05) is 11.1 Å². The molecule has 1 atom stereocenters. The number of benzene rings is 3. The van der Waals surface area contributed by atoms with Crippen molar-refractivity contribution in [3.63, 3.8) is 0 Å². The van der Waals surface area contributed by atoms with Crippen LogP contribution in [0.3, 0.4) is 0 Å². The maximum Gasteiger partial charge on any atom is 0.409 e. The van der Waals surface area contributed by atoms with Gasteiger partial charge in [-0.1, -0.05) is 60.7 Å². The fourth-order valence-electron chi connectivity index (χ4n) is 3.32. The van der Waals surface area contributed by atoms with E-state index in [1.54, 1.807) is 30.3 Å². The van der Waals surface area contributed by atoms with Crippen LogP contribution in [0.5, 0.6) is 0 Å². The number of benzodiazepines with no additional fused rings is 1. The van der Waals surface area contributed by atoms with Crippen molar-refractivity contribution in [3.8, 4) is 0 Å². The van der Waals surface area contributed by atoms with E-state index in [9.17, 15) is 14.0 Å². The van der Waals surface area contributed by atoms with E-state index >= 15 is 0 Å². The lowest BCUT2D eigenvalue weighted by Gasteiger charge is -2.14. The third-order valence-corrected chi connectivity index (χ3v) is 4.88. The molecule has 2 N–H and O–H groups in total. The molecule has 0 aromatic heterocycles. The number of halogens is 1. The summed E-state index contributed by atoms with van der Waals surface area (Å²) in [6.07, 6.45) is -2.09. The minimum atomic E-state index is -1.29. The first-order valence-electron chi connectivity index (χ1n) is 9.73. The molecule has 0 aliphatic carbocycles. The SMILES string of the molecule is Cc1cccc2c1NC(=O)C(NC(=O)OCc1ccccc1)N=C2c1ccccc1F. The number of alkyl carbamates (subject to hydrolysis) is 1. The van der Waals surface area contributed by atoms with Gasteiger partial charge in [-0.3, -0.25) is 10.1 Å². The average Bonchev–Trinajstić information content (AvgIpc) is 2.91. The third-order valence-electron chi connectivity index (χ3n) is 4.88. The molecule has 6 nitrogen and oxygen atoms in total. The predicted molar refractivity (Wildman–Crippen MR) is 115 cm³/mol. The monoisotopic (exact) mass is 417 g/mol. The highest BCUT2D eigenvalue weighted by atomic mass is 19.1. The summed E-state index contributed by atoms with van der Waals surface area (Å²) in [5.41, 5.74) is 3.19. The van der Waals surface area contributed by atoms with Gasteiger partial charge in [0.25, 0.3) is 5.91 Å². The van der Waals surface area contributed by atoms with E-state index in [2.05, 4.69) is 15.6 Å². The van der Waals surface area contributed by atoms with Gasteiger partial charge in [-0.2, -0.15) is 0 Å². The lowest BCUT2D eigenvalue weighted by atomic mass is 9.98. The van der Waals surface area contributed by atoms with Crippen LogP contribution in [0.2, 0.25) is 0 Å². The number of ether oxygens (including phenoxy) is 1. The second-order valence-corrected chi connectivity index (χ2v) is 7.05. The number of hydrogen-bond acceptors (Lipinski definition) is 4. The molecule has 0 bridgehead atoms. The van der Waals surface area contributed by atoms with Crippen LogP contribution in [-0.4, -0.2) is 23.9 Å². The zero-order valence-electron chi connectivity index (χ0n) is 16.8. The minimum Gasteiger partial charge on any atom is -0.445 e. The standard InChI is InChI=1S/C24H20FN3O3/c1-15-8-7-12-18-20(15)27-23(29)22(26-21(18)17-11-5-6-13-19(17)25)28-24(30)31-14-16-9-3-2-4-10-16/h2-13,22H,14H2,1H3,(H,27,29)(H,28,30). The summed E-state index contributed by atoms with van der Waals surface area (Å²) < 4.78 is 19.8. The largest absolute Gasteiger partial charge is 0.445 e. The molecule has 3 aromatic carbocycles. The first-order chi connectivity index (χ1) is 15.0. The zero-order valence-corrected chi connectivity index (χ0v) is 16.8. The number of aryl methyl sites for hydroxylation is 1. The van der Waals surface area contributed by atoms with E-state index in [4.69, 9.17) is 4.74 Å². The van der Waals surface area contributed by atoms with Crippen molar-refractivity contribution in [1.82, 2.24) is 5.32 Å². The first-order valence-corrected chi connectivity index (χ1v) is 9.73. The number of aliphatic imine (C=N–C) groups is 1. The van der Waals surface area contributed by atoms with Crippen molar-refractivity contribution in [2.75, 3.05) is 5.32 Å². The van der Waals surface area contributed by atoms with Gasteiger partial charge < -0.3 is 10.1 Å². The van der Waals surface area contributed by atoms with Crippen LogP contribution < -0.4 is 10.6 Å². The summed E-state index contributed by atoms with van der Waals surface area (Å²) in [7, 11) is 0. The van der Waals surface area contributed by atoms with E-state index in [0.29, 0.717) is 11.3 Å². The van der Waals surface area contributed by atoms with E-state index < -0.39 is 24.0 Å². The average molecular weight is 417 g/mol. The van der Waals surface area contributed by atoms with Crippen molar-refractivity contribution >= 4 is 23.4 Å². The minimum absolute atomic E-state index is 0.0459. The van der Waals surface area contributed by atoms with Crippen LogP contribution in [0.25, 0.3) is 0 Å². The zero-order chi connectivity index (χ0) is 21.8. The number of nitrogens with one attached hydrogen (secondary N) is 2. The number of para-hydroxylation sites is 1. The van der Waals surface area contributed by atoms with Crippen molar-refractivity contribution < 1.29 is 18.7 Å². The number of carbonyl (C=O) groups excluding carboxylic acids is 2. The first kappa shape index (κ1) is 20.3. The Morgan fingerprint density at radius 1 is 1.03 bits per heavy atom. The van der Waals surface area contributed by atoms with Crippen molar-refractivity contribution in [3.05, 3.63) is 101 Å². The lowest BCUT2D eigenvalue weighted by Crippen LogP contribution is -2.42. The molecule has 1 aliphatic rings. The molecule has 7 heteroatoms. The number of hydrogen-bond donors (Lipinski definition) is 2. The van der Waals surface area contributed by atoms with Crippen molar-refractivity contribution in [2.45, 2.75) is 19.7 Å². The Morgan fingerprint density at radius 2 is 1.74 bits per heavy atom. The quantitative estimate of drug-likeness (QED) is 0.669. The number of amides is 2. The van der Waals surface area contributed by atoms with Gasteiger partial charge in [0.05, 0.1) is 11.4 Å². The molecule has 4 rings (SSSR count). The Hall–Kier alpha value is -4.00. The Bertz CT molecular complexity index is 1160. The van der Waals surface area contributed by atoms with Crippen LogP contribution in [-0.2, 0) is 16.1 Å². The lowest BCUT2D eigenvalue weighted by molar-refractivity contribution is -0.117. The maximum atomic E-state index is 14.6. The van der Waals surface area contributed by atoms with Crippen LogP contribution in [0.4, 0.5) is 14.9 Å². The van der Waals surface area contributed by atoms with E-state index in [0.717, 1.165) is 11.1 Å². The fourth-order valence-corrected chi connectivity index (χ4v) is 3.32. The molecule has 0 radical (unpaired) electrons. The summed E-state index contributed by atoms with van der Waals surface area (Å²) in [5.74, 6) is -1.02. The van der Waals surface area contributed by atoms with Gasteiger partial charge in [0.15, 0.2) is 0 Å². The number of nitrogens with zero attached hydrogens (tertiary/aromatic N) is 1. The maximum absolute atomic E-state index is 14.6. The number of anilines is 1. The molecule has 156 valence electrons. The molecule has 2 amide bonds. The highest BCUT2D eigenvalue weighted by Gasteiger charge is 2.29. The number of rotatable bonds is 4. The molecular formula is C24H20FN3O3. The van der Waals surface area contributed by atoms with Gasteiger partial charge in [-0.25, -0.2) is 14.2 Å². The Labute approximate surface area is 178 Å².